The number of halogens is 1. The summed E-state index contributed by atoms with van der Waals surface area (Å²) in [5.41, 5.74) is 0. The summed E-state index contributed by atoms with van der Waals surface area (Å²) >= 11 is 0. The fraction of sp³-hybridized carbons (Fsp3) is 0.750. The Bertz CT molecular complexity index is 28.4. The maximum atomic E-state index is 3.76. The van der Waals surface area contributed by atoms with Crippen LogP contribution in [0.4, 0.5) is 0 Å². The van der Waals surface area contributed by atoms with Crippen LogP contribution in [0, 0.1) is 14.4 Å². The quantitative estimate of drug-likeness (QED) is 0.350. The molecule has 10 heavy (non-hydrogen) atoms. The number of rotatable bonds is 4. The molecule has 0 unspecified atom stereocenters. The third-order valence-electron chi connectivity index (χ3n) is 1.10. The second-order valence-corrected chi connectivity index (χ2v) is 1.91. The number of hydrogen-bond donors (Lipinski definition) is 0. The molecule has 60 valence electrons. The standard InChI is InChI=1S/C7H15.CH3.BrH.Mg/c1-3-5-7-6-4-2;;;/h1,3-7H2,2H3;1H3;1H;/q2*-1;;+2/p-1. The molecule has 0 aromatic carbocycles. The number of hydrogen-bond acceptors (Lipinski definition) is 0. The van der Waals surface area contributed by atoms with Crippen molar-refractivity contribution >= 4 is 23.1 Å². The van der Waals surface area contributed by atoms with Crippen molar-refractivity contribution in [2.24, 2.45) is 0 Å². The predicted molar refractivity (Wildman–Crippen MR) is 46.3 cm³/mol. The molecule has 0 fully saturated rings. The molecular weight excluding hydrogens is 200 g/mol. The molecule has 0 amide bonds. The number of unbranched alkanes of at least 4 members (excludes halogenated alkanes) is 4. The zero-order valence-electron chi connectivity index (χ0n) is 7.33. The topological polar surface area (TPSA) is 0 Å². The first-order valence-electron chi connectivity index (χ1n) is 3.21. The van der Waals surface area contributed by atoms with Crippen LogP contribution in [0.25, 0.3) is 0 Å². The van der Waals surface area contributed by atoms with Crippen LogP contribution < -0.4 is 17.0 Å². The van der Waals surface area contributed by atoms with E-state index in [2.05, 4.69) is 13.8 Å². The Morgan fingerprint density at radius 2 is 1.60 bits per heavy atom. The Kier molecular flexibility index (Phi) is 50.5. The van der Waals surface area contributed by atoms with E-state index in [9.17, 15) is 0 Å². The zero-order chi connectivity index (χ0) is 5.54. The fourth-order valence-corrected chi connectivity index (χ4v) is 0.604. The van der Waals surface area contributed by atoms with Crippen molar-refractivity contribution in [3.05, 3.63) is 14.4 Å². The summed E-state index contributed by atoms with van der Waals surface area (Å²) in [6.45, 7) is 5.98. The van der Waals surface area contributed by atoms with Crippen molar-refractivity contribution in [1.29, 1.82) is 0 Å². The normalized spacial score (nSPS) is 6.60. The van der Waals surface area contributed by atoms with Gasteiger partial charge in [0, 0.05) is 0 Å². The second-order valence-electron chi connectivity index (χ2n) is 1.91. The van der Waals surface area contributed by atoms with Gasteiger partial charge in [-0.25, -0.2) is 0 Å². The average Bonchev–Trinajstić information content (AvgIpc) is 1.69. The maximum absolute atomic E-state index is 3.76. The van der Waals surface area contributed by atoms with E-state index in [-0.39, 0.29) is 47.5 Å². The van der Waals surface area contributed by atoms with Gasteiger partial charge in [0.2, 0.25) is 0 Å². The first-order chi connectivity index (χ1) is 3.41. The SMILES string of the molecule is [Br-].[CH2-]CCCCCC.[CH3-].[Mg+2]. The molecule has 0 aliphatic heterocycles. The van der Waals surface area contributed by atoms with Gasteiger partial charge in [-0.1, -0.05) is 32.6 Å². The Hall–Kier alpha value is 1.25. The maximum Gasteiger partial charge on any atom is 2.00 e. The molecule has 0 bridgehead atoms. The molecule has 0 N–H and O–H groups in total. The zero-order valence-corrected chi connectivity index (χ0v) is 10.3. The van der Waals surface area contributed by atoms with Gasteiger partial charge in [0.1, 0.15) is 0 Å². The Morgan fingerprint density at radius 3 is 1.90 bits per heavy atom. The van der Waals surface area contributed by atoms with E-state index in [1.54, 1.807) is 0 Å². The van der Waals surface area contributed by atoms with Gasteiger partial charge in [-0.05, 0) is 0 Å². The summed E-state index contributed by atoms with van der Waals surface area (Å²) in [4.78, 5) is 0. The van der Waals surface area contributed by atoms with E-state index in [0.717, 1.165) is 6.42 Å². The summed E-state index contributed by atoms with van der Waals surface area (Å²) in [6, 6.07) is 0. The molecule has 0 radical (unpaired) electrons. The van der Waals surface area contributed by atoms with Gasteiger partial charge in [0.05, 0.1) is 0 Å². The smallest absolute Gasteiger partial charge is 1.00 e. The van der Waals surface area contributed by atoms with Gasteiger partial charge in [-0.3, -0.25) is 0 Å². The minimum absolute atomic E-state index is 0. The summed E-state index contributed by atoms with van der Waals surface area (Å²) in [6.07, 6.45) is 6.52. The average molecular weight is 218 g/mol. The monoisotopic (exact) mass is 217 g/mol. The minimum Gasteiger partial charge on any atom is -1.00 e. The molecule has 0 aliphatic rings. The molecule has 0 rings (SSSR count). The van der Waals surface area contributed by atoms with Crippen LogP contribution in [0.3, 0.4) is 0 Å². The van der Waals surface area contributed by atoms with Crippen LogP contribution in [0.5, 0.6) is 0 Å². The van der Waals surface area contributed by atoms with Crippen molar-refractivity contribution in [3.63, 3.8) is 0 Å². The summed E-state index contributed by atoms with van der Waals surface area (Å²) in [7, 11) is 0. The van der Waals surface area contributed by atoms with E-state index in [0.29, 0.717) is 0 Å². The fourth-order valence-electron chi connectivity index (χ4n) is 0.604. The third-order valence-corrected chi connectivity index (χ3v) is 1.10. The molecule has 0 aromatic rings. The molecule has 2 heteroatoms. The van der Waals surface area contributed by atoms with Gasteiger partial charge >= 0.3 is 23.1 Å². The van der Waals surface area contributed by atoms with E-state index in [4.69, 9.17) is 0 Å². The second kappa shape index (κ2) is 22.5. The molecule has 0 heterocycles. The van der Waals surface area contributed by atoms with Crippen LogP contribution in [0.15, 0.2) is 0 Å². The van der Waals surface area contributed by atoms with Crippen molar-refractivity contribution in [2.75, 3.05) is 0 Å². The molecule has 0 aromatic heterocycles. The molecular formula is C8H18BrMg-. The van der Waals surface area contributed by atoms with Gasteiger partial charge in [0.15, 0.2) is 0 Å². The summed E-state index contributed by atoms with van der Waals surface area (Å²) in [5.74, 6) is 0. The van der Waals surface area contributed by atoms with E-state index in [1.165, 1.54) is 25.7 Å². The third kappa shape index (κ3) is 22.8. The van der Waals surface area contributed by atoms with Crippen molar-refractivity contribution < 1.29 is 17.0 Å². The van der Waals surface area contributed by atoms with Crippen LogP contribution in [0.1, 0.15) is 39.0 Å². The Labute approximate surface area is 93.1 Å². The first-order valence-corrected chi connectivity index (χ1v) is 3.21. The first kappa shape index (κ1) is 22.5. The van der Waals surface area contributed by atoms with Crippen LogP contribution in [-0.2, 0) is 0 Å². The minimum atomic E-state index is 0. The van der Waals surface area contributed by atoms with Crippen LogP contribution in [0.2, 0.25) is 0 Å². The molecule has 0 nitrogen and oxygen atoms in total. The van der Waals surface area contributed by atoms with Crippen molar-refractivity contribution in [1.82, 2.24) is 0 Å². The summed E-state index contributed by atoms with van der Waals surface area (Å²) in [5, 5.41) is 0. The van der Waals surface area contributed by atoms with Gasteiger partial charge < -0.3 is 31.3 Å². The molecule has 0 spiro atoms. The van der Waals surface area contributed by atoms with Gasteiger partial charge in [0.25, 0.3) is 0 Å². The van der Waals surface area contributed by atoms with Gasteiger partial charge in [-0.2, -0.15) is 6.42 Å². The predicted octanol–water partition coefficient (Wildman–Crippen LogP) is -0.136. The van der Waals surface area contributed by atoms with Crippen molar-refractivity contribution in [3.8, 4) is 0 Å². The Balaban J connectivity index is -0.0000000600. The molecule has 0 atom stereocenters. The summed E-state index contributed by atoms with van der Waals surface area (Å²) < 4.78 is 0. The Morgan fingerprint density at radius 1 is 1.10 bits per heavy atom. The van der Waals surface area contributed by atoms with E-state index in [1.807, 2.05) is 0 Å². The molecule has 0 aliphatic carbocycles. The molecule has 0 saturated heterocycles. The van der Waals surface area contributed by atoms with Crippen LogP contribution in [-0.4, -0.2) is 23.1 Å². The van der Waals surface area contributed by atoms with Gasteiger partial charge in [-0.15, -0.1) is 0 Å². The largest absolute Gasteiger partial charge is 2.00 e. The van der Waals surface area contributed by atoms with Crippen LogP contribution >= 0.6 is 0 Å². The van der Waals surface area contributed by atoms with E-state index >= 15 is 0 Å². The molecule has 0 saturated carbocycles. The van der Waals surface area contributed by atoms with Crippen molar-refractivity contribution in [2.45, 2.75) is 39.0 Å². The van der Waals surface area contributed by atoms with E-state index < -0.39 is 0 Å².